The Hall–Kier alpha value is -3.35. The third kappa shape index (κ3) is 5.35. The summed E-state index contributed by atoms with van der Waals surface area (Å²) in [6, 6.07) is 15.1. The molecule has 7 heteroatoms. The van der Waals surface area contributed by atoms with Crippen molar-refractivity contribution in [2.45, 2.75) is 13.0 Å². The van der Waals surface area contributed by atoms with Gasteiger partial charge in [-0.25, -0.2) is 4.79 Å². The lowest BCUT2D eigenvalue weighted by Gasteiger charge is -2.14. The third-order valence-corrected chi connectivity index (χ3v) is 3.20. The molecular formula is C18H18N2O5. The van der Waals surface area contributed by atoms with Crippen LogP contribution in [-0.4, -0.2) is 30.5 Å². The Morgan fingerprint density at radius 1 is 1.04 bits per heavy atom. The molecule has 0 unspecified atom stereocenters. The SMILES string of the molecule is C[C@@H](Oc1ccccc1)C(=O)OCC(=O)Nc1ccccc1C(N)=O. The molecule has 2 aromatic rings. The minimum Gasteiger partial charge on any atom is -0.479 e. The topological polar surface area (TPSA) is 108 Å². The first-order chi connectivity index (χ1) is 12.0. The lowest BCUT2D eigenvalue weighted by Crippen LogP contribution is -2.30. The molecule has 0 aromatic heterocycles. The van der Waals surface area contributed by atoms with Crippen LogP contribution in [0.5, 0.6) is 5.75 Å². The summed E-state index contributed by atoms with van der Waals surface area (Å²) in [4.78, 5) is 35.1. The number of hydrogen-bond acceptors (Lipinski definition) is 5. The van der Waals surface area contributed by atoms with Crippen LogP contribution in [0.2, 0.25) is 0 Å². The van der Waals surface area contributed by atoms with Crippen LogP contribution in [0.15, 0.2) is 54.6 Å². The Morgan fingerprint density at radius 2 is 1.68 bits per heavy atom. The molecule has 0 radical (unpaired) electrons. The van der Waals surface area contributed by atoms with Gasteiger partial charge >= 0.3 is 5.97 Å². The number of primary amides is 1. The predicted molar refractivity (Wildman–Crippen MR) is 91.1 cm³/mol. The monoisotopic (exact) mass is 342 g/mol. The van der Waals surface area contributed by atoms with Crippen molar-refractivity contribution in [1.82, 2.24) is 0 Å². The second-order valence-corrected chi connectivity index (χ2v) is 5.14. The molecule has 2 amide bonds. The van der Waals surface area contributed by atoms with Crippen LogP contribution in [0.4, 0.5) is 5.69 Å². The molecule has 2 aromatic carbocycles. The second kappa shape index (κ2) is 8.49. The number of ether oxygens (including phenoxy) is 2. The summed E-state index contributed by atoms with van der Waals surface area (Å²) in [7, 11) is 0. The van der Waals surface area contributed by atoms with Gasteiger partial charge in [-0.15, -0.1) is 0 Å². The zero-order valence-electron chi connectivity index (χ0n) is 13.6. The predicted octanol–water partition coefficient (Wildman–Crippen LogP) is 1.73. The summed E-state index contributed by atoms with van der Waals surface area (Å²) in [5.74, 6) is -1.42. The number of anilines is 1. The Balaban J connectivity index is 1.85. The van der Waals surface area contributed by atoms with Gasteiger partial charge < -0.3 is 20.5 Å². The Morgan fingerprint density at radius 3 is 2.36 bits per heavy atom. The summed E-state index contributed by atoms with van der Waals surface area (Å²) < 4.78 is 10.3. The van der Waals surface area contributed by atoms with E-state index < -0.39 is 30.5 Å². The summed E-state index contributed by atoms with van der Waals surface area (Å²) in [5, 5.41) is 2.48. The molecule has 25 heavy (non-hydrogen) atoms. The highest BCUT2D eigenvalue weighted by molar-refractivity contribution is 6.03. The minimum atomic E-state index is -0.867. The number of benzene rings is 2. The average Bonchev–Trinajstić information content (AvgIpc) is 2.60. The van der Waals surface area contributed by atoms with Crippen LogP contribution in [0.25, 0.3) is 0 Å². The highest BCUT2D eigenvalue weighted by Gasteiger charge is 2.18. The molecule has 1 atom stereocenters. The largest absolute Gasteiger partial charge is 0.479 e. The normalized spacial score (nSPS) is 11.2. The number of esters is 1. The molecule has 0 fully saturated rings. The van der Waals surface area contributed by atoms with Crippen molar-refractivity contribution in [1.29, 1.82) is 0 Å². The van der Waals surface area contributed by atoms with Crippen LogP contribution in [-0.2, 0) is 14.3 Å². The highest BCUT2D eigenvalue weighted by Crippen LogP contribution is 2.14. The average molecular weight is 342 g/mol. The molecule has 0 aliphatic carbocycles. The van der Waals surface area contributed by atoms with Gasteiger partial charge in [-0.3, -0.25) is 9.59 Å². The number of para-hydroxylation sites is 2. The van der Waals surface area contributed by atoms with E-state index in [-0.39, 0.29) is 11.3 Å². The zero-order valence-corrected chi connectivity index (χ0v) is 13.6. The van der Waals surface area contributed by atoms with Gasteiger partial charge in [-0.2, -0.15) is 0 Å². The van der Waals surface area contributed by atoms with Crippen LogP contribution < -0.4 is 15.8 Å². The van der Waals surface area contributed by atoms with Crippen molar-refractivity contribution < 1.29 is 23.9 Å². The van der Waals surface area contributed by atoms with E-state index in [4.69, 9.17) is 15.2 Å². The van der Waals surface area contributed by atoms with Crippen molar-refractivity contribution in [3.8, 4) is 5.75 Å². The molecule has 0 aliphatic rings. The maximum atomic E-state index is 11.9. The van der Waals surface area contributed by atoms with Crippen molar-refractivity contribution in [3.05, 3.63) is 60.2 Å². The molecule has 0 heterocycles. The number of hydrogen-bond donors (Lipinski definition) is 2. The Labute approximate surface area is 144 Å². The summed E-state index contributed by atoms with van der Waals surface area (Å²) >= 11 is 0. The molecule has 0 bridgehead atoms. The molecule has 3 N–H and O–H groups in total. The maximum absolute atomic E-state index is 11.9. The van der Waals surface area contributed by atoms with Crippen LogP contribution >= 0.6 is 0 Å². The zero-order chi connectivity index (χ0) is 18.2. The molecule has 0 spiro atoms. The van der Waals surface area contributed by atoms with E-state index >= 15 is 0 Å². The molecule has 130 valence electrons. The van der Waals surface area contributed by atoms with E-state index in [1.165, 1.54) is 19.1 Å². The quantitative estimate of drug-likeness (QED) is 0.745. The number of carbonyl (C=O) groups excluding carboxylic acids is 3. The minimum absolute atomic E-state index is 0.169. The molecule has 2 rings (SSSR count). The Kier molecular flexibility index (Phi) is 6.11. The van der Waals surface area contributed by atoms with Gasteiger partial charge in [0.15, 0.2) is 12.7 Å². The molecule has 0 aliphatic heterocycles. The molecule has 0 saturated heterocycles. The van der Waals surface area contributed by atoms with E-state index in [1.807, 2.05) is 6.07 Å². The van der Waals surface area contributed by atoms with Crippen LogP contribution in [0, 0.1) is 0 Å². The smallest absolute Gasteiger partial charge is 0.347 e. The van der Waals surface area contributed by atoms with Gasteiger partial charge in [0, 0.05) is 0 Å². The lowest BCUT2D eigenvalue weighted by molar-refractivity contribution is -0.153. The van der Waals surface area contributed by atoms with Gasteiger partial charge in [0.1, 0.15) is 5.75 Å². The van der Waals surface area contributed by atoms with E-state index in [0.717, 1.165) is 0 Å². The first-order valence-corrected chi connectivity index (χ1v) is 7.54. The van der Waals surface area contributed by atoms with Gasteiger partial charge in [0.05, 0.1) is 11.3 Å². The van der Waals surface area contributed by atoms with Crippen molar-refractivity contribution >= 4 is 23.5 Å². The highest BCUT2D eigenvalue weighted by atomic mass is 16.6. The second-order valence-electron chi connectivity index (χ2n) is 5.14. The molecular weight excluding hydrogens is 324 g/mol. The molecule has 7 nitrogen and oxygen atoms in total. The fraction of sp³-hybridized carbons (Fsp3) is 0.167. The standard InChI is InChI=1S/C18H18N2O5/c1-12(25-13-7-3-2-4-8-13)18(23)24-11-16(21)20-15-10-6-5-9-14(15)17(19)22/h2-10,12H,11H2,1H3,(H2,19,22)(H,20,21)/t12-/m1/s1. The van der Waals surface area contributed by atoms with Crippen LogP contribution in [0.1, 0.15) is 17.3 Å². The lowest BCUT2D eigenvalue weighted by atomic mass is 10.1. The van der Waals surface area contributed by atoms with Gasteiger partial charge in [-0.1, -0.05) is 30.3 Å². The first kappa shape index (κ1) is 18.0. The number of rotatable bonds is 7. The van der Waals surface area contributed by atoms with E-state index in [9.17, 15) is 14.4 Å². The first-order valence-electron chi connectivity index (χ1n) is 7.54. The van der Waals surface area contributed by atoms with Gasteiger partial charge in [-0.05, 0) is 31.2 Å². The third-order valence-electron chi connectivity index (χ3n) is 3.20. The number of nitrogens with two attached hydrogens (primary N) is 1. The number of amides is 2. The van der Waals surface area contributed by atoms with Gasteiger partial charge in [0.2, 0.25) is 0 Å². The number of carbonyl (C=O) groups is 3. The summed E-state index contributed by atoms with van der Waals surface area (Å²) in [5.41, 5.74) is 5.66. The summed E-state index contributed by atoms with van der Waals surface area (Å²) in [6.45, 7) is 1.02. The fourth-order valence-electron chi connectivity index (χ4n) is 2.00. The van der Waals surface area contributed by atoms with Crippen LogP contribution in [0.3, 0.4) is 0 Å². The maximum Gasteiger partial charge on any atom is 0.347 e. The van der Waals surface area contributed by atoms with Crippen molar-refractivity contribution in [3.63, 3.8) is 0 Å². The Bertz CT molecular complexity index is 761. The van der Waals surface area contributed by atoms with E-state index in [2.05, 4.69) is 5.32 Å². The van der Waals surface area contributed by atoms with Gasteiger partial charge in [0.25, 0.3) is 11.8 Å². The molecule has 0 saturated carbocycles. The van der Waals surface area contributed by atoms with Crippen molar-refractivity contribution in [2.24, 2.45) is 5.73 Å². The summed E-state index contributed by atoms with van der Waals surface area (Å²) in [6.07, 6.45) is -0.867. The fourth-order valence-corrected chi connectivity index (χ4v) is 2.00. The van der Waals surface area contributed by atoms with Crippen molar-refractivity contribution in [2.75, 3.05) is 11.9 Å². The van der Waals surface area contributed by atoms with E-state index in [0.29, 0.717) is 5.75 Å². The van der Waals surface area contributed by atoms with E-state index in [1.54, 1.807) is 36.4 Å². The number of nitrogens with one attached hydrogen (secondary N) is 1.